The minimum atomic E-state index is -3.44. The van der Waals surface area contributed by atoms with E-state index in [0.29, 0.717) is 10.6 Å². The first-order valence-electron chi connectivity index (χ1n) is 5.94. The maximum Gasteiger partial charge on any atom is 0.252 e. The van der Waals surface area contributed by atoms with Gasteiger partial charge in [-0.15, -0.1) is 11.3 Å². The second kappa shape index (κ2) is 5.69. The van der Waals surface area contributed by atoms with Gasteiger partial charge in [-0.25, -0.2) is 8.42 Å². The first-order chi connectivity index (χ1) is 8.25. The van der Waals surface area contributed by atoms with Crippen molar-refractivity contribution < 1.29 is 13.5 Å². The fraction of sp³-hybridized carbons (Fsp3) is 0.667. The molecule has 1 rings (SSSR count). The van der Waals surface area contributed by atoms with Gasteiger partial charge in [0.1, 0.15) is 4.21 Å². The number of aliphatic hydroxyl groups is 1. The highest BCUT2D eigenvalue weighted by Gasteiger charge is 2.33. The Balaban J connectivity index is 3.05. The third kappa shape index (κ3) is 3.12. The van der Waals surface area contributed by atoms with Crippen LogP contribution in [0.3, 0.4) is 0 Å². The van der Waals surface area contributed by atoms with Gasteiger partial charge in [-0.1, -0.05) is 6.92 Å². The van der Waals surface area contributed by atoms with Crippen LogP contribution >= 0.6 is 11.3 Å². The standard InChI is InChI=1S/C12H21NO3S2/c1-5-12(2,3)13(4)18(15,16)11-7-6-10(17-11)8-9-14/h6-7,14H,5,8-9H2,1-4H3. The zero-order chi connectivity index (χ0) is 14.0. The number of rotatable bonds is 6. The normalized spacial score (nSPS) is 13.2. The van der Waals surface area contributed by atoms with E-state index in [1.165, 1.54) is 15.6 Å². The summed E-state index contributed by atoms with van der Waals surface area (Å²) in [5.74, 6) is 0. The summed E-state index contributed by atoms with van der Waals surface area (Å²) in [5, 5.41) is 8.86. The third-order valence-corrected chi connectivity index (χ3v) is 7.01. The summed E-state index contributed by atoms with van der Waals surface area (Å²) in [6.07, 6.45) is 1.25. The first kappa shape index (κ1) is 15.6. The van der Waals surface area contributed by atoms with Gasteiger partial charge in [-0.3, -0.25) is 0 Å². The Kier molecular flexibility index (Phi) is 4.94. The van der Waals surface area contributed by atoms with Crippen molar-refractivity contribution in [2.45, 2.75) is 43.4 Å². The Hall–Kier alpha value is -0.430. The number of thiophene rings is 1. The molecule has 0 radical (unpaired) electrons. The molecule has 6 heteroatoms. The molecule has 0 aromatic carbocycles. The third-order valence-electron chi connectivity index (χ3n) is 3.33. The average molecular weight is 291 g/mol. The molecule has 1 heterocycles. The van der Waals surface area contributed by atoms with Crippen LogP contribution in [-0.2, 0) is 16.4 Å². The second-order valence-corrected chi connectivity index (χ2v) is 8.20. The molecule has 1 N–H and O–H groups in total. The van der Waals surface area contributed by atoms with E-state index in [1.54, 1.807) is 19.2 Å². The van der Waals surface area contributed by atoms with Gasteiger partial charge >= 0.3 is 0 Å². The molecule has 4 nitrogen and oxygen atoms in total. The number of hydrogen-bond donors (Lipinski definition) is 1. The molecule has 0 unspecified atom stereocenters. The van der Waals surface area contributed by atoms with Gasteiger partial charge in [0.2, 0.25) is 0 Å². The quantitative estimate of drug-likeness (QED) is 0.873. The van der Waals surface area contributed by atoms with E-state index in [-0.39, 0.29) is 6.61 Å². The zero-order valence-electron chi connectivity index (χ0n) is 11.3. The fourth-order valence-electron chi connectivity index (χ4n) is 1.42. The van der Waals surface area contributed by atoms with Crippen molar-refractivity contribution in [3.63, 3.8) is 0 Å². The number of nitrogens with zero attached hydrogens (tertiary/aromatic N) is 1. The highest BCUT2D eigenvalue weighted by molar-refractivity contribution is 7.91. The van der Waals surface area contributed by atoms with Gasteiger partial charge in [0, 0.05) is 30.5 Å². The van der Waals surface area contributed by atoms with Crippen molar-refractivity contribution in [2.75, 3.05) is 13.7 Å². The topological polar surface area (TPSA) is 57.6 Å². The molecule has 0 bridgehead atoms. The molecule has 0 atom stereocenters. The Bertz CT molecular complexity index is 491. The molecular weight excluding hydrogens is 270 g/mol. The van der Waals surface area contributed by atoms with Crippen molar-refractivity contribution >= 4 is 21.4 Å². The van der Waals surface area contributed by atoms with Crippen LogP contribution in [0.5, 0.6) is 0 Å². The van der Waals surface area contributed by atoms with E-state index in [1.807, 2.05) is 20.8 Å². The van der Waals surface area contributed by atoms with Gasteiger partial charge in [-0.05, 0) is 32.4 Å². The molecule has 104 valence electrons. The van der Waals surface area contributed by atoms with Gasteiger partial charge in [0.05, 0.1) is 0 Å². The summed E-state index contributed by atoms with van der Waals surface area (Å²) in [5.41, 5.74) is -0.403. The van der Waals surface area contributed by atoms with Crippen LogP contribution in [0, 0.1) is 0 Å². The molecule has 0 aliphatic heterocycles. The summed E-state index contributed by atoms with van der Waals surface area (Å²) in [6.45, 7) is 5.83. The van der Waals surface area contributed by atoms with Crippen molar-refractivity contribution in [1.82, 2.24) is 4.31 Å². The maximum atomic E-state index is 12.4. The summed E-state index contributed by atoms with van der Waals surface area (Å²) in [4.78, 5) is 0.888. The Morgan fingerprint density at radius 2 is 2.00 bits per heavy atom. The lowest BCUT2D eigenvalue weighted by atomic mass is 10.0. The SMILES string of the molecule is CCC(C)(C)N(C)S(=O)(=O)c1ccc(CCO)s1. The predicted octanol–water partition coefficient (Wildman–Crippen LogP) is 2.09. The molecule has 0 saturated carbocycles. The largest absolute Gasteiger partial charge is 0.396 e. The van der Waals surface area contributed by atoms with Gasteiger partial charge in [0.25, 0.3) is 10.0 Å². The Morgan fingerprint density at radius 1 is 1.39 bits per heavy atom. The van der Waals surface area contributed by atoms with E-state index in [0.717, 1.165) is 11.3 Å². The molecular formula is C12H21NO3S2. The summed E-state index contributed by atoms with van der Waals surface area (Å²) < 4.78 is 26.6. The predicted molar refractivity (Wildman–Crippen MR) is 74.4 cm³/mol. The lowest BCUT2D eigenvalue weighted by molar-refractivity contribution is 0.257. The average Bonchev–Trinajstić information content (AvgIpc) is 2.77. The first-order valence-corrected chi connectivity index (χ1v) is 8.20. The summed E-state index contributed by atoms with van der Waals surface area (Å²) >= 11 is 1.23. The monoisotopic (exact) mass is 291 g/mol. The van der Waals surface area contributed by atoms with Crippen molar-refractivity contribution in [3.05, 3.63) is 17.0 Å². The van der Waals surface area contributed by atoms with Gasteiger partial charge in [-0.2, -0.15) is 4.31 Å². The lowest BCUT2D eigenvalue weighted by Gasteiger charge is -2.33. The van der Waals surface area contributed by atoms with Crippen molar-refractivity contribution in [3.8, 4) is 0 Å². The zero-order valence-corrected chi connectivity index (χ0v) is 12.9. The van der Waals surface area contributed by atoms with E-state index in [9.17, 15) is 8.42 Å². The van der Waals surface area contributed by atoms with Crippen LogP contribution in [0.4, 0.5) is 0 Å². The lowest BCUT2D eigenvalue weighted by Crippen LogP contribution is -2.44. The summed E-state index contributed by atoms with van der Waals surface area (Å²) in [6, 6.07) is 3.38. The maximum absolute atomic E-state index is 12.4. The molecule has 0 spiro atoms. The molecule has 0 fully saturated rings. The minimum absolute atomic E-state index is 0.0380. The molecule has 1 aromatic heterocycles. The van der Waals surface area contributed by atoms with Crippen molar-refractivity contribution in [2.24, 2.45) is 0 Å². The molecule has 0 aliphatic rings. The molecule has 0 amide bonds. The van der Waals surface area contributed by atoms with Crippen LogP contribution in [0.15, 0.2) is 16.3 Å². The van der Waals surface area contributed by atoms with E-state index < -0.39 is 15.6 Å². The molecule has 0 aliphatic carbocycles. The smallest absolute Gasteiger partial charge is 0.252 e. The highest BCUT2D eigenvalue weighted by Crippen LogP contribution is 2.29. The molecule has 0 saturated heterocycles. The van der Waals surface area contributed by atoms with Crippen LogP contribution in [0.25, 0.3) is 0 Å². The highest BCUT2D eigenvalue weighted by atomic mass is 32.2. The number of sulfonamides is 1. The summed E-state index contributed by atoms with van der Waals surface area (Å²) in [7, 11) is -1.82. The number of hydrogen-bond acceptors (Lipinski definition) is 4. The fourth-order valence-corrected chi connectivity index (χ4v) is 4.52. The number of aliphatic hydroxyl groups excluding tert-OH is 1. The van der Waals surface area contributed by atoms with Crippen LogP contribution in [-0.4, -0.2) is 37.0 Å². The van der Waals surface area contributed by atoms with E-state index in [4.69, 9.17) is 5.11 Å². The van der Waals surface area contributed by atoms with Crippen LogP contribution in [0.1, 0.15) is 32.1 Å². The molecule has 1 aromatic rings. The van der Waals surface area contributed by atoms with Crippen molar-refractivity contribution in [1.29, 1.82) is 0 Å². The van der Waals surface area contributed by atoms with Gasteiger partial charge < -0.3 is 5.11 Å². The molecule has 18 heavy (non-hydrogen) atoms. The van der Waals surface area contributed by atoms with E-state index >= 15 is 0 Å². The Labute approximate surface area is 113 Å². The second-order valence-electron chi connectivity index (χ2n) is 4.83. The Morgan fingerprint density at radius 3 is 2.50 bits per heavy atom. The van der Waals surface area contributed by atoms with E-state index in [2.05, 4.69) is 0 Å². The van der Waals surface area contributed by atoms with Crippen LogP contribution < -0.4 is 0 Å². The minimum Gasteiger partial charge on any atom is -0.396 e. The van der Waals surface area contributed by atoms with Crippen LogP contribution in [0.2, 0.25) is 0 Å². The van der Waals surface area contributed by atoms with Gasteiger partial charge in [0.15, 0.2) is 0 Å².